The zero-order chi connectivity index (χ0) is 13.2. The molecule has 19 heavy (non-hydrogen) atoms. The molecule has 5 nitrogen and oxygen atoms in total. The van der Waals surface area contributed by atoms with E-state index in [1.54, 1.807) is 18.2 Å². The Bertz CT molecular complexity index is 490. The lowest BCUT2D eigenvalue weighted by atomic mass is 10.1. The molecule has 1 fully saturated rings. The van der Waals surface area contributed by atoms with E-state index in [-0.39, 0.29) is 12.7 Å². The van der Waals surface area contributed by atoms with E-state index in [9.17, 15) is 4.79 Å². The van der Waals surface area contributed by atoms with E-state index in [1.165, 1.54) is 0 Å². The summed E-state index contributed by atoms with van der Waals surface area (Å²) in [7, 11) is 0. The summed E-state index contributed by atoms with van der Waals surface area (Å²) >= 11 is 0. The van der Waals surface area contributed by atoms with Gasteiger partial charge in [-0.25, -0.2) is 0 Å². The maximum atomic E-state index is 12.0. The maximum absolute atomic E-state index is 12.0. The SMILES string of the molecule is NC1CCC(CNC(=O)c2ccc3c(c2)OCO3)C1. The number of rotatable bonds is 3. The largest absolute Gasteiger partial charge is 0.454 e. The summed E-state index contributed by atoms with van der Waals surface area (Å²) in [4.78, 5) is 12.0. The van der Waals surface area contributed by atoms with E-state index in [2.05, 4.69) is 5.32 Å². The minimum atomic E-state index is -0.0706. The van der Waals surface area contributed by atoms with E-state index < -0.39 is 0 Å². The highest BCUT2D eigenvalue weighted by Gasteiger charge is 2.22. The second-order valence-corrected chi connectivity index (χ2v) is 5.22. The van der Waals surface area contributed by atoms with Gasteiger partial charge < -0.3 is 20.5 Å². The van der Waals surface area contributed by atoms with Crippen LogP contribution in [0, 0.1) is 5.92 Å². The first-order valence-electron chi connectivity index (χ1n) is 6.66. The molecule has 2 aliphatic rings. The Kier molecular flexibility index (Phi) is 3.29. The van der Waals surface area contributed by atoms with Gasteiger partial charge in [0.25, 0.3) is 5.91 Å². The van der Waals surface area contributed by atoms with Crippen molar-refractivity contribution in [2.45, 2.75) is 25.3 Å². The standard InChI is InChI=1S/C14H18N2O3/c15-11-3-1-9(5-11)7-16-14(17)10-2-4-12-13(6-10)19-8-18-12/h2,4,6,9,11H,1,3,5,7-8,15H2,(H,16,17). The van der Waals surface area contributed by atoms with Crippen LogP contribution in [0.25, 0.3) is 0 Å². The molecule has 0 saturated heterocycles. The van der Waals surface area contributed by atoms with Crippen molar-refractivity contribution >= 4 is 5.91 Å². The number of nitrogens with two attached hydrogens (primary N) is 1. The molecule has 0 aromatic heterocycles. The summed E-state index contributed by atoms with van der Waals surface area (Å²) in [5.41, 5.74) is 6.46. The van der Waals surface area contributed by atoms with E-state index in [0.29, 0.717) is 35.6 Å². The zero-order valence-electron chi connectivity index (χ0n) is 10.7. The molecule has 1 aromatic carbocycles. The molecule has 0 spiro atoms. The third kappa shape index (κ3) is 2.66. The van der Waals surface area contributed by atoms with Crippen LogP contribution in [0.15, 0.2) is 18.2 Å². The van der Waals surface area contributed by atoms with Crippen LogP contribution in [-0.4, -0.2) is 25.3 Å². The van der Waals surface area contributed by atoms with Crippen molar-refractivity contribution in [3.05, 3.63) is 23.8 Å². The van der Waals surface area contributed by atoms with Crippen LogP contribution < -0.4 is 20.5 Å². The zero-order valence-corrected chi connectivity index (χ0v) is 10.7. The van der Waals surface area contributed by atoms with Crippen LogP contribution in [0.4, 0.5) is 0 Å². The highest BCUT2D eigenvalue weighted by molar-refractivity contribution is 5.94. The molecule has 1 amide bonds. The van der Waals surface area contributed by atoms with Gasteiger partial charge in [-0.3, -0.25) is 4.79 Å². The van der Waals surface area contributed by atoms with Gasteiger partial charge in [0.2, 0.25) is 6.79 Å². The lowest BCUT2D eigenvalue weighted by molar-refractivity contribution is 0.0947. The van der Waals surface area contributed by atoms with E-state index in [1.807, 2.05) is 0 Å². The summed E-state index contributed by atoms with van der Waals surface area (Å²) in [6.07, 6.45) is 3.16. The smallest absolute Gasteiger partial charge is 0.251 e. The first-order valence-corrected chi connectivity index (χ1v) is 6.66. The number of carbonyl (C=O) groups is 1. The Hall–Kier alpha value is -1.75. The molecule has 1 aromatic rings. The summed E-state index contributed by atoms with van der Waals surface area (Å²) in [6, 6.07) is 5.54. The van der Waals surface area contributed by atoms with Crippen LogP contribution in [0.3, 0.4) is 0 Å². The molecule has 1 heterocycles. The second-order valence-electron chi connectivity index (χ2n) is 5.22. The molecule has 0 bridgehead atoms. The first kappa shape index (κ1) is 12.3. The number of amides is 1. The lowest BCUT2D eigenvalue weighted by Crippen LogP contribution is -2.29. The fraction of sp³-hybridized carbons (Fsp3) is 0.500. The predicted octanol–water partition coefficient (Wildman–Crippen LogP) is 1.27. The van der Waals surface area contributed by atoms with Gasteiger partial charge >= 0.3 is 0 Å². The van der Waals surface area contributed by atoms with Crippen molar-refractivity contribution in [3.8, 4) is 11.5 Å². The monoisotopic (exact) mass is 262 g/mol. The number of nitrogens with one attached hydrogen (secondary N) is 1. The highest BCUT2D eigenvalue weighted by atomic mass is 16.7. The van der Waals surface area contributed by atoms with Crippen molar-refractivity contribution in [2.24, 2.45) is 11.7 Å². The van der Waals surface area contributed by atoms with Gasteiger partial charge in [-0.15, -0.1) is 0 Å². The first-order chi connectivity index (χ1) is 9.22. The van der Waals surface area contributed by atoms with Crippen LogP contribution in [0.1, 0.15) is 29.6 Å². The second kappa shape index (κ2) is 5.09. The minimum Gasteiger partial charge on any atom is -0.454 e. The molecular weight excluding hydrogens is 244 g/mol. The van der Waals surface area contributed by atoms with E-state index in [4.69, 9.17) is 15.2 Å². The molecule has 102 valence electrons. The van der Waals surface area contributed by atoms with Crippen LogP contribution in [-0.2, 0) is 0 Å². The highest BCUT2D eigenvalue weighted by Crippen LogP contribution is 2.32. The minimum absolute atomic E-state index is 0.0706. The maximum Gasteiger partial charge on any atom is 0.251 e. The third-order valence-electron chi connectivity index (χ3n) is 3.77. The molecule has 3 N–H and O–H groups in total. The summed E-state index contributed by atoms with van der Waals surface area (Å²) < 4.78 is 10.5. The van der Waals surface area contributed by atoms with Gasteiger partial charge in [-0.1, -0.05) is 0 Å². The lowest BCUT2D eigenvalue weighted by Gasteiger charge is -2.11. The molecular formula is C14H18N2O3. The number of benzene rings is 1. The summed E-state index contributed by atoms with van der Waals surface area (Å²) in [5, 5.41) is 2.96. The van der Waals surface area contributed by atoms with Gasteiger partial charge in [0, 0.05) is 18.2 Å². The number of carbonyl (C=O) groups excluding carboxylic acids is 1. The van der Waals surface area contributed by atoms with Crippen molar-refractivity contribution in [1.82, 2.24) is 5.32 Å². The van der Waals surface area contributed by atoms with Crippen LogP contribution >= 0.6 is 0 Å². The Morgan fingerprint density at radius 3 is 2.95 bits per heavy atom. The van der Waals surface area contributed by atoms with Crippen molar-refractivity contribution in [2.75, 3.05) is 13.3 Å². The van der Waals surface area contributed by atoms with Gasteiger partial charge in [0.15, 0.2) is 11.5 Å². The molecule has 2 atom stereocenters. The van der Waals surface area contributed by atoms with Gasteiger partial charge in [-0.05, 0) is 43.4 Å². The molecule has 1 aliphatic heterocycles. The number of ether oxygens (including phenoxy) is 2. The summed E-state index contributed by atoms with van der Waals surface area (Å²) in [5.74, 6) is 1.76. The van der Waals surface area contributed by atoms with Gasteiger partial charge in [-0.2, -0.15) is 0 Å². The Balaban J connectivity index is 1.58. The molecule has 3 rings (SSSR count). The predicted molar refractivity (Wildman–Crippen MR) is 70.2 cm³/mol. The molecule has 2 unspecified atom stereocenters. The molecule has 5 heteroatoms. The normalized spacial score (nSPS) is 24.5. The van der Waals surface area contributed by atoms with Gasteiger partial charge in [0.1, 0.15) is 0 Å². The Labute approximate surface area is 112 Å². The number of hydrogen-bond donors (Lipinski definition) is 2. The van der Waals surface area contributed by atoms with Crippen molar-refractivity contribution in [1.29, 1.82) is 0 Å². The van der Waals surface area contributed by atoms with E-state index >= 15 is 0 Å². The molecule has 1 aliphatic carbocycles. The quantitative estimate of drug-likeness (QED) is 0.860. The van der Waals surface area contributed by atoms with Gasteiger partial charge in [0.05, 0.1) is 0 Å². The Morgan fingerprint density at radius 2 is 2.16 bits per heavy atom. The van der Waals surface area contributed by atoms with Crippen molar-refractivity contribution in [3.63, 3.8) is 0 Å². The fourth-order valence-electron chi connectivity index (χ4n) is 2.68. The third-order valence-corrected chi connectivity index (χ3v) is 3.77. The Morgan fingerprint density at radius 1 is 1.32 bits per heavy atom. The van der Waals surface area contributed by atoms with Crippen molar-refractivity contribution < 1.29 is 14.3 Å². The summed E-state index contributed by atoms with van der Waals surface area (Å²) in [6.45, 7) is 0.918. The van der Waals surface area contributed by atoms with Crippen LogP contribution in [0.5, 0.6) is 11.5 Å². The number of hydrogen-bond acceptors (Lipinski definition) is 4. The van der Waals surface area contributed by atoms with Crippen LogP contribution in [0.2, 0.25) is 0 Å². The topological polar surface area (TPSA) is 73.6 Å². The molecule has 0 radical (unpaired) electrons. The fourth-order valence-corrected chi connectivity index (χ4v) is 2.68. The molecule has 1 saturated carbocycles. The van der Waals surface area contributed by atoms with E-state index in [0.717, 1.165) is 19.3 Å². The average Bonchev–Trinajstić information content (AvgIpc) is 3.03. The number of fused-ring (bicyclic) bond motifs is 1. The average molecular weight is 262 g/mol.